The number of hydrogen-bond acceptors (Lipinski definition) is 10. The number of ether oxygens (including phenoxy) is 2. The van der Waals surface area contributed by atoms with E-state index in [2.05, 4.69) is 10.6 Å². The highest BCUT2D eigenvalue weighted by Gasteiger charge is 2.51. The van der Waals surface area contributed by atoms with E-state index in [4.69, 9.17) is 9.47 Å². The van der Waals surface area contributed by atoms with Gasteiger partial charge in [0.05, 0.1) is 30.8 Å². The molecular formula is C18H26N2O10. The summed E-state index contributed by atoms with van der Waals surface area (Å²) in [6, 6.07) is -0.815. The Morgan fingerprint density at radius 1 is 1.20 bits per heavy atom. The van der Waals surface area contributed by atoms with E-state index in [1.54, 1.807) is 0 Å². The van der Waals surface area contributed by atoms with Gasteiger partial charge < -0.3 is 40.3 Å². The van der Waals surface area contributed by atoms with Crippen molar-refractivity contribution < 1.29 is 49.4 Å². The third kappa shape index (κ3) is 4.54. The molecule has 3 unspecified atom stereocenters. The Morgan fingerprint density at radius 2 is 1.90 bits per heavy atom. The van der Waals surface area contributed by atoms with Gasteiger partial charge in [0.2, 0.25) is 17.7 Å². The molecule has 12 nitrogen and oxygen atoms in total. The van der Waals surface area contributed by atoms with Crippen LogP contribution in [-0.4, -0.2) is 105 Å². The zero-order chi connectivity index (χ0) is 22.2. The highest BCUT2D eigenvalue weighted by atomic mass is 16.6. The Bertz CT molecular complexity index is 715. The van der Waals surface area contributed by atoms with Crippen molar-refractivity contribution in [2.24, 2.45) is 5.92 Å². The second-order valence-electron chi connectivity index (χ2n) is 7.75. The molecule has 0 bridgehead atoms. The van der Waals surface area contributed by atoms with Crippen LogP contribution in [0.2, 0.25) is 0 Å². The SMILES string of the molecule is CC(=O)N[C@H]1CO[C@H](C[C@@H](O)[C@@H]2O[C@@H](C3C=CC(=O)NC3=O)[C@H](O)[C@@H]2O)C(O)C1O. The molecule has 0 saturated carbocycles. The molecule has 2 saturated heterocycles. The molecule has 0 aromatic heterocycles. The Hall–Kier alpha value is -1.93. The maximum absolute atomic E-state index is 12.0. The standard InChI is InChI=1S/C18H26N2O10/c1-6(21)19-8-5-29-10(13(25)12(8)24)4-9(22)17-15(27)14(26)16(30-17)7-2-3-11(23)20-18(7)28/h2-3,7-10,12-17,22,24-27H,4-5H2,1H3,(H,19,21)(H,20,23,28)/t7?,8-,9+,10+,12?,13?,14+,15-,16-,17-/m0/s1. The van der Waals surface area contributed by atoms with Gasteiger partial charge >= 0.3 is 0 Å². The van der Waals surface area contributed by atoms with Gasteiger partial charge in [0.15, 0.2) is 0 Å². The van der Waals surface area contributed by atoms with Crippen LogP contribution in [0.4, 0.5) is 0 Å². The van der Waals surface area contributed by atoms with Crippen molar-refractivity contribution in [2.75, 3.05) is 6.61 Å². The van der Waals surface area contributed by atoms with Crippen LogP contribution >= 0.6 is 0 Å². The monoisotopic (exact) mass is 430 g/mol. The van der Waals surface area contributed by atoms with Crippen LogP contribution in [0, 0.1) is 5.92 Å². The van der Waals surface area contributed by atoms with Gasteiger partial charge in [-0.25, -0.2) is 0 Å². The van der Waals surface area contributed by atoms with Crippen LogP contribution in [0.25, 0.3) is 0 Å². The molecule has 0 aromatic carbocycles. The lowest BCUT2D eigenvalue weighted by Gasteiger charge is -2.39. The van der Waals surface area contributed by atoms with Gasteiger partial charge in [-0.3, -0.25) is 19.7 Å². The van der Waals surface area contributed by atoms with Crippen LogP contribution in [0.3, 0.4) is 0 Å². The first-order chi connectivity index (χ1) is 14.1. The van der Waals surface area contributed by atoms with E-state index >= 15 is 0 Å². The van der Waals surface area contributed by atoms with Crippen molar-refractivity contribution >= 4 is 17.7 Å². The van der Waals surface area contributed by atoms with Gasteiger partial charge in [0, 0.05) is 19.4 Å². The number of hydrogen-bond donors (Lipinski definition) is 7. The van der Waals surface area contributed by atoms with Crippen LogP contribution in [-0.2, 0) is 23.9 Å². The zero-order valence-electron chi connectivity index (χ0n) is 16.1. The first kappa shape index (κ1) is 22.7. The summed E-state index contributed by atoms with van der Waals surface area (Å²) in [6.07, 6.45) is -8.64. The Balaban J connectivity index is 1.62. The molecule has 10 atom stereocenters. The summed E-state index contributed by atoms with van der Waals surface area (Å²) in [5.41, 5.74) is 0. The van der Waals surface area contributed by atoms with Gasteiger partial charge in [0.25, 0.3) is 0 Å². The minimum atomic E-state index is -1.54. The molecule has 12 heteroatoms. The van der Waals surface area contributed by atoms with E-state index in [9.17, 15) is 39.9 Å². The fraction of sp³-hybridized carbons (Fsp3) is 0.722. The van der Waals surface area contributed by atoms with E-state index in [0.717, 1.165) is 6.08 Å². The average molecular weight is 430 g/mol. The van der Waals surface area contributed by atoms with Gasteiger partial charge in [-0.1, -0.05) is 6.08 Å². The maximum Gasteiger partial charge on any atom is 0.250 e. The van der Waals surface area contributed by atoms with Crippen molar-refractivity contribution in [2.45, 2.75) is 68.2 Å². The topological polar surface area (TPSA) is 195 Å². The third-order valence-corrected chi connectivity index (χ3v) is 5.57. The average Bonchev–Trinajstić information content (AvgIpc) is 2.96. The van der Waals surface area contributed by atoms with Crippen LogP contribution in [0.5, 0.6) is 0 Å². The molecule has 3 amide bonds. The highest BCUT2D eigenvalue weighted by Crippen LogP contribution is 2.32. The molecule has 7 N–H and O–H groups in total. The number of nitrogens with one attached hydrogen (secondary N) is 2. The van der Waals surface area contributed by atoms with E-state index in [0.29, 0.717) is 0 Å². The first-order valence-electron chi connectivity index (χ1n) is 9.57. The largest absolute Gasteiger partial charge is 0.390 e. The zero-order valence-corrected chi connectivity index (χ0v) is 16.1. The Morgan fingerprint density at radius 3 is 2.53 bits per heavy atom. The van der Waals surface area contributed by atoms with Crippen molar-refractivity contribution in [3.63, 3.8) is 0 Å². The lowest BCUT2D eigenvalue weighted by atomic mass is 9.90. The minimum Gasteiger partial charge on any atom is -0.390 e. The van der Waals surface area contributed by atoms with Crippen LogP contribution < -0.4 is 10.6 Å². The number of amides is 3. The smallest absolute Gasteiger partial charge is 0.250 e. The van der Waals surface area contributed by atoms with Crippen LogP contribution in [0.1, 0.15) is 13.3 Å². The maximum atomic E-state index is 12.0. The number of rotatable bonds is 5. The van der Waals surface area contributed by atoms with E-state index in [1.165, 1.54) is 13.0 Å². The predicted molar refractivity (Wildman–Crippen MR) is 96.4 cm³/mol. The summed E-state index contributed by atoms with van der Waals surface area (Å²) in [5, 5.41) is 56.0. The minimum absolute atomic E-state index is 0.102. The summed E-state index contributed by atoms with van der Waals surface area (Å²) in [5.74, 6) is -2.76. The lowest BCUT2D eigenvalue weighted by Crippen LogP contribution is -2.59. The van der Waals surface area contributed by atoms with Crippen molar-refractivity contribution in [3.8, 4) is 0 Å². The highest BCUT2D eigenvalue weighted by molar-refractivity contribution is 6.05. The van der Waals surface area contributed by atoms with E-state index in [1.807, 2.05) is 0 Å². The normalized spacial score (nSPS) is 42.7. The first-order valence-corrected chi connectivity index (χ1v) is 9.57. The van der Waals surface area contributed by atoms with Gasteiger partial charge in [0.1, 0.15) is 36.6 Å². The fourth-order valence-electron chi connectivity index (χ4n) is 3.98. The Labute approximate surface area is 171 Å². The molecule has 0 aromatic rings. The quantitative estimate of drug-likeness (QED) is 0.210. The summed E-state index contributed by atoms with van der Waals surface area (Å²) in [4.78, 5) is 34.4. The van der Waals surface area contributed by atoms with Crippen molar-refractivity contribution in [1.29, 1.82) is 0 Å². The summed E-state index contributed by atoms with van der Waals surface area (Å²) >= 11 is 0. The molecular weight excluding hydrogens is 404 g/mol. The molecule has 2 fully saturated rings. The number of carbonyl (C=O) groups excluding carboxylic acids is 3. The number of carbonyl (C=O) groups is 3. The van der Waals surface area contributed by atoms with Crippen molar-refractivity contribution in [1.82, 2.24) is 10.6 Å². The van der Waals surface area contributed by atoms with Gasteiger partial charge in [-0.2, -0.15) is 0 Å². The molecule has 3 heterocycles. The Kier molecular flexibility index (Phi) is 6.87. The third-order valence-electron chi connectivity index (χ3n) is 5.57. The molecule has 0 radical (unpaired) electrons. The lowest BCUT2D eigenvalue weighted by molar-refractivity contribution is -0.171. The molecule has 30 heavy (non-hydrogen) atoms. The van der Waals surface area contributed by atoms with Gasteiger partial charge in [-0.15, -0.1) is 0 Å². The number of imide groups is 1. The fourth-order valence-corrected chi connectivity index (χ4v) is 3.98. The van der Waals surface area contributed by atoms with E-state index < -0.39 is 78.5 Å². The summed E-state index contributed by atoms with van der Waals surface area (Å²) < 4.78 is 11.0. The van der Waals surface area contributed by atoms with Crippen LogP contribution in [0.15, 0.2) is 12.2 Å². The second-order valence-corrected chi connectivity index (χ2v) is 7.75. The van der Waals surface area contributed by atoms with Gasteiger partial charge in [-0.05, 0) is 0 Å². The summed E-state index contributed by atoms with van der Waals surface area (Å²) in [6.45, 7) is 1.16. The molecule has 3 rings (SSSR count). The van der Waals surface area contributed by atoms with Crippen molar-refractivity contribution in [3.05, 3.63) is 12.2 Å². The molecule has 3 aliphatic heterocycles. The predicted octanol–water partition coefficient (Wildman–Crippen LogP) is -4.32. The molecule has 168 valence electrons. The van der Waals surface area contributed by atoms with E-state index in [-0.39, 0.29) is 13.0 Å². The molecule has 0 spiro atoms. The number of aliphatic hydroxyl groups is 5. The number of aliphatic hydroxyl groups excluding tert-OH is 5. The summed E-state index contributed by atoms with van der Waals surface area (Å²) in [7, 11) is 0. The molecule has 3 aliphatic rings. The molecule has 0 aliphatic carbocycles. The second kappa shape index (κ2) is 9.06.